The normalized spacial score (nSPS) is 26.9. The molecule has 0 bridgehead atoms. The van der Waals surface area contributed by atoms with Crippen molar-refractivity contribution in [2.75, 3.05) is 0 Å². The molecule has 1 aliphatic rings. The highest BCUT2D eigenvalue weighted by Gasteiger charge is 2.43. The SMILES string of the molecule is Cc1oncc1C(=O)NC1(C(=O)O)CCCC(C)C1. The molecule has 1 saturated carbocycles. The molecular weight excluding hydrogens is 248 g/mol. The van der Waals surface area contributed by atoms with Gasteiger partial charge >= 0.3 is 5.97 Å². The van der Waals surface area contributed by atoms with E-state index in [2.05, 4.69) is 10.5 Å². The third kappa shape index (κ3) is 2.62. The Morgan fingerprint density at radius 3 is 2.84 bits per heavy atom. The average Bonchev–Trinajstić information content (AvgIpc) is 2.75. The first-order valence-corrected chi connectivity index (χ1v) is 6.42. The molecule has 1 aliphatic carbocycles. The maximum absolute atomic E-state index is 12.1. The summed E-state index contributed by atoms with van der Waals surface area (Å²) in [5.74, 6) is -0.729. The zero-order chi connectivity index (χ0) is 14.0. The summed E-state index contributed by atoms with van der Waals surface area (Å²) in [7, 11) is 0. The molecule has 1 aromatic heterocycles. The van der Waals surface area contributed by atoms with Gasteiger partial charge in [0, 0.05) is 0 Å². The molecule has 0 spiro atoms. The maximum atomic E-state index is 12.1. The Balaban J connectivity index is 2.20. The maximum Gasteiger partial charge on any atom is 0.329 e. The second-order valence-electron chi connectivity index (χ2n) is 5.34. The number of carboxylic acids is 1. The van der Waals surface area contributed by atoms with Gasteiger partial charge in [0.05, 0.1) is 6.20 Å². The van der Waals surface area contributed by atoms with Crippen LogP contribution in [0.1, 0.15) is 48.7 Å². The highest BCUT2D eigenvalue weighted by Crippen LogP contribution is 2.33. The summed E-state index contributed by atoms with van der Waals surface area (Å²) in [6, 6.07) is 0. The number of hydrogen-bond acceptors (Lipinski definition) is 4. The number of carboxylic acid groups (broad SMARTS) is 1. The van der Waals surface area contributed by atoms with Gasteiger partial charge in [-0.1, -0.05) is 24.9 Å². The fourth-order valence-corrected chi connectivity index (χ4v) is 2.71. The molecule has 1 heterocycles. The van der Waals surface area contributed by atoms with Crippen LogP contribution >= 0.6 is 0 Å². The molecule has 2 atom stereocenters. The molecule has 2 unspecified atom stereocenters. The summed E-state index contributed by atoms with van der Waals surface area (Å²) in [6.07, 6.45) is 4.03. The van der Waals surface area contributed by atoms with Gasteiger partial charge in [-0.05, 0) is 25.7 Å². The van der Waals surface area contributed by atoms with Crippen molar-refractivity contribution in [3.8, 4) is 0 Å². The van der Waals surface area contributed by atoms with Gasteiger partial charge in [-0.2, -0.15) is 0 Å². The summed E-state index contributed by atoms with van der Waals surface area (Å²) < 4.78 is 4.83. The van der Waals surface area contributed by atoms with E-state index < -0.39 is 17.4 Å². The standard InChI is InChI=1S/C13H18N2O4/c1-8-4-3-5-13(6-8,12(17)18)15-11(16)10-7-14-19-9(10)2/h7-8H,3-6H2,1-2H3,(H,15,16)(H,17,18). The van der Waals surface area contributed by atoms with Crippen LogP contribution in [0, 0.1) is 12.8 Å². The van der Waals surface area contributed by atoms with Gasteiger partial charge in [-0.15, -0.1) is 0 Å². The zero-order valence-corrected chi connectivity index (χ0v) is 11.1. The molecule has 0 radical (unpaired) electrons. The van der Waals surface area contributed by atoms with Crippen LogP contribution in [0.4, 0.5) is 0 Å². The minimum absolute atomic E-state index is 0.286. The van der Waals surface area contributed by atoms with Crippen LogP contribution in [0.3, 0.4) is 0 Å². The number of hydrogen-bond donors (Lipinski definition) is 2. The predicted molar refractivity (Wildman–Crippen MR) is 66.7 cm³/mol. The van der Waals surface area contributed by atoms with E-state index in [4.69, 9.17) is 4.52 Å². The lowest BCUT2D eigenvalue weighted by atomic mass is 9.76. The van der Waals surface area contributed by atoms with Gasteiger partial charge in [0.25, 0.3) is 5.91 Å². The number of carbonyl (C=O) groups is 2. The summed E-state index contributed by atoms with van der Waals surface area (Å²) in [5.41, 5.74) is -0.878. The quantitative estimate of drug-likeness (QED) is 0.869. The summed E-state index contributed by atoms with van der Waals surface area (Å²) in [4.78, 5) is 23.7. The fourth-order valence-electron chi connectivity index (χ4n) is 2.71. The molecule has 104 valence electrons. The molecule has 1 amide bonds. The molecule has 0 aliphatic heterocycles. The lowest BCUT2D eigenvalue weighted by Crippen LogP contribution is -2.56. The molecule has 2 rings (SSSR count). The topological polar surface area (TPSA) is 92.4 Å². The summed E-state index contributed by atoms with van der Waals surface area (Å²) in [5, 5.41) is 15.7. The largest absolute Gasteiger partial charge is 0.480 e. The summed E-state index contributed by atoms with van der Waals surface area (Å²) >= 11 is 0. The molecular formula is C13H18N2O4. The van der Waals surface area contributed by atoms with Crippen LogP contribution in [0.2, 0.25) is 0 Å². The molecule has 0 aromatic carbocycles. The lowest BCUT2D eigenvalue weighted by molar-refractivity contribution is -0.146. The molecule has 6 heteroatoms. The van der Waals surface area contributed by atoms with Crippen LogP contribution in [-0.2, 0) is 4.79 Å². The fraction of sp³-hybridized carbons (Fsp3) is 0.615. The van der Waals surface area contributed by atoms with Crippen molar-refractivity contribution in [1.29, 1.82) is 0 Å². The lowest BCUT2D eigenvalue weighted by Gasteiger charge is -2.36. The van der Waals surface area contributed by atoms with Crippen LogP contribution in [-0.4, -0.2) is 27.7 Å². The van der Waals surface area contributed by atoms with E-state index in [1.54, 1.807) is 6.92 Å². The number of nitrogens with one attached hydrogen (secondary N) is 1. The van der Waals surface area contributed by atoms with E-state index in [0.717, 1.165) is 12.8 Å². The Morgan fingerprint density at radius 1 is 1.58 bits per heavy atom. The molecule has 19 heavy (non-hydrogen) atoms. The van der Waals surface area contributed by atoms with E-state index >= 15 is 0 Å². The van der Waals surface area contributed by atoms with E-state index in [9.17, 15) is 14.7 Å². The van der Waals surface area contributed by atoms with Crippen LogP contribution < -0.4 is 5.32 Å². The second-order valence-corrected chi connectivity index (χ2v) is 5.34. The van der Waals surface area contributed by atoms with E-state index in [1.807, 2.05) is 6.92 Å². The minimum atomic E-state index is -1.17. The van der Waals surface area contributed by atoms with Gasteiger partial charge in [0.1, 0.15) is 16.9 Å². The smallest absolute Gasteiger partial charge is 0.329 e. The number of amides is 1. The molecule has 2 N–H and O–H groups in total. The summed E-state index contributed by atoms with van der Waals surface area (Å²) in [6.45, 7) is 3.63. The molecule has 1 fully saturated rings. The monoisotopic (exact) mass is 266 g/mol. The van der Waals surface area contributed by atoms with Gasteiger partial charge < -0.3 is 14.9 Å². The number of aromatic nitrogens is 1. The highest BCUT2D eigenvalue weighted by atomic mass is 16.5. The van der Waals surface area contributed by atoms with Crippen molar-refractivity contribution in [3.05, 3.63) is 17.5 Å². The van der Waals surface area contributed by atoms with Gasteiger partial charge in [-0.25, -0.2) is 4.79 Å². The van der Waals surface area contributed by atoms with Crippen molar-refractivity contribution in [2.45, 2.75) is 45.1 Å². The molecule has 1 aromatic rings. The third-order valence-electron chi connectivity index (χ3n) is 3.75. The van der Waals surface area contributed by atoms with Crippen molar-refractivity contribution in [1.82, 2.24) is 10.5 Å². The Kier molecular flexibility index (Phi) is 3.59. The average molecular weight is 266 g/mol. The van der Waals surface area contributed by atoms with Crippen molar-refractivity contribution >= 4 is 11.9 Å². The van der Waals surface area contributed by atoms with E-state index in [0.29, 0.717) is 24.2 Å². The van der Waals surface area contributed by atoms with E-state index in [1.165, 1.54) is 6.20 Å². The van der Waals surface area contributed by atoms with Crippen LogP contribution in [0.15, 0.2) is 10.7 Å². The van der Waals surface area contributed by atoms with Crippen LogP contribution in [0.5, 0.6) is 0 Å². The Morgan fingerprint density at radius 2 is 2.32 bits per heavy atom. The Labute approximate surface area is 111 Å². The number of aliphatic carboxylic acids is 1. The number of nitrogens with zero attached hydrogens (tertiary/aromatic N) is 1. The van der Waals surface area contributed by atoms with Gasteiger partial charge in [0.2, 0.25) is 0 Å². The van der Waals surface area contributed by atoms with Gasteiger partial charge in [0.15, 0.2) is 0 Å². The first-order valence-electron chi connectivity index (χ1n) is 6.42. The minimum Gasteiger partial charge on any atom is -0.480 e. The van der Waals surface area contributed by atoms with Crippen molar-refractivity contribution < 1.29 is 19.2 Å². The number of rotatable bonds is 3. The molecule has 6 nitrogen and oxygen atoms in total. The number of carbonyl (C=O) groups excluding carboxylic acids is 1. The first kappa shape index (κ1) is 13.6. The Hall–Kier alpha value is -1.85. The predicted octanol–water partition coefficient (Wildman–Crippen LogP) is 1.75. The molecule has 0 saturated heterocycles. The third-order valence-corrected chi connectivity index (χ3v) is 3.75. The number of aryl methyl sites for hydroxylation is 1. The van der Waals surface area contributed by atoms with E-state index in [-0.39, 0.29) is 5.92 Å². The second kappa shape index (κ2) is 5.03. The van der Waals surface area contributed by atoms with Crippen molar-refractivity contribution in [3.63, 3.8) is 0 Å². The van der Waals surface area contributed by atoms with Crippen LogP contribution in [0.25, 0.3) is 0 Å². The van der Waals surface area contributed by atoms with Crippen molar-refractivity contribution in [2.24, 2.45) is 5.92 Å². The first-order chi connectivity index (χ1) is 8.94. The zero-order valence-electron chi connectivity index (χ0n) is 11.1. The van der Waals surface area contributed by atoms with Gasteiger partial charge in [-0.3, -0.25) is 4.79 Å². The Bertz CT molecular complexity index is 497. The highest BCUT2D eigenvalue weighted by molar-refractivity contribution is 5.98.